The number of nitro groups is 1. The summed E-state index contributed by atoms with van der Waals surface area (Å²) in [5, 5.41) is 25.7. The molecule has 3 aromatic rings. The van der Waals surface area contributed by atoms with Gasteiger partial charge >= 0.3 is 0 Å². The second-order valence-corrected chi connectivity index (χ2v) is 6.26. The topological polar surface area (TPSA) is 110 Å². The van der Waals surface area contributed by atoms with Crippen LogP contribution in [0, 0.1) is 10.1 Å². The highest BCUT2D eigenvalue weighted by Gasteiger charge is 2.13. The van der Waals surface area contributed by atoms with Crippen LogP contribution in [0.4, 0.5) is 16.5 Å². The van der Waals surface area contributed by atoms with E-state index in [1.54, 1.807) is 18.2 Å². The molecule has 0 fully saturated rings. The van der Waals surface area contributed by atoms with Gasteiger partial charge in [-0.25, -0.2) is 0 Å². The number of anilines is 2. The zero-order valence-electron chi connectivity index (χ0n) is 13.6. The van der Waals surface area contributed by atoms with E-state index >= 15 is 0 Å². The molecule has 2 aromatic carbocycles. The minimum absolute atomic E-state index is 0.0236. The van der Waals surface area contributed by atoms with Crippen LogP contribution in [0.5, 0.6) is 0 Å². The number of rotatable bonds is 7. The predicted molar refractivity (Wildman–Crippen MR) is 100 cm³/mol. The molecule has 3 rings (SSSR count). The highest BCUT2D eigenvalue weighted by Crippen LogP contribution is 2.26. The lowest BCUT2D eigenvalue weighted by Gasteiger charge is -2.06. The molecule has 0 unspecified atom stereocenters. The van der Waals surface area contributed by atoms with Gasteiger partial charge in [-0.3, -0.25) is 14.9 Å². The highest BCUT2D eigenvalue weighted by atomic mass is 32.1. The number of amides is 1. The van der Waals surface area contributed by atoms with Crippen LogP contribution in [0.15, 0.2) is 54.6 Å². The monoisotopic (exact) mass is 369 g/mol. The quantitative estimate of drug-likeness (QED) is 0.487. The van der Waals surface area contributed by atoms with Gasteiger partial charge in [-0.05, 0) is 6.07 Å². The summed E-state index contributed by atoms with van der Waals surface area (Å²) in [6.45, 7) is 0.265. The molecule has 0 spiro atoms. The molecule has 0 saturated heterocycles. The van der Waals surface area contributed by atoms with Crippen molar-refractivity contribution in [3.63, 3.8) is 0 Å². The minimum atomic E-state index is -0.464. The molecule has 0 aliphatic heterocycles. The Labute approximate surface area is 153 Å². The fourth-order valence-electron chi connectivity index (χ4n) is 2.25. The molecule has 0 saturated carbocycles. The summed E-state index contributed by atoms with van der Waals surface area (Å²) < 4.78 is 0. The van der Waals surface area contributed by atoms with Crippen molar-refractivity contribution in [2.75, 3.05) is 17.2 Å². The Morgan fingerprint density at radius 1 is 1.08 bits per heavy atom. The van der Waals surface area contributed by atoms with Crippen LogP contribution < -0.4 is 10.6 Å². The molecule has 0 aliphatic carbocycles. The Morgan fingerprint density at radius 2 is 1.81 bits per heavy atom. The molecule has 0 bridgehead atoms. The first-order valence-electron chi connectivity index (χ1n) is 7.79. The molecule has 26 heavy (non-hydrogen) atoms. The zero-order valence-corrected chi connectivity index (χ0v) is 14.4. The van der Waals surface area contributed by atoms with Crippen LogP contribution in [0.1, 0.15) is 6.42 Å². The van der Waals surface area contributed by atoms with E-state index in [9.17, 15) is 14.9 Å². The molecule has 8 nitrogen and oxygen atoms in total. The van der Waals surface area contributed by atoms with Crippen molar-refractivity contribution in [1.82, 2.24) is 10.2 Å². The summed E-state index contributed by atoms with van der Waals surface area (Å²) in [4.78, 5) is 22.5. The van der Waals surface area contributed by atoms with Crippen molar-refractivity contribution >= 4 is 33.8 Å². The second kappa shape index (κ2) is 8.17. The Morgan fingerprint density at radius 3 is 2.58 bits per heavy atom. The number of hydrogen-bond acceptors (Lipinski definition) is 7. The van der Waals surface area contributed by atoms with Gasteiger partial charge in [0.15, 0.2) is 0 Å². The Balaban J connectivity index is 1.52. The van der Waals surface area contributed by atoms with Crippen molar-refractivity contribution in [1.29, 1.82) is 0 Å². The molecule has 1 amide bonds. The number of aromatic nitrogens is 2. The van der Waals surface area contributed by atoms with Gasteiger partial charge in [0.2, 0.25) is 11.0 Å². The third-order valence-electron chi connectivity index (χ3n) is 3.46. The van der Waals surface area contributed by atoms with Crippen LogP contribution in [0.2, 0.25) is 0 Å². The first-order chi connectivity index (χ1) is 12.6. The molecule has 1 heterocycles. The number of para-hydroxylation sites is 2. The average Bonchev–Trinajstić information content (AvgIpc) is 3.11. The fraction of sp³-hybridized carbons (Fsp3) is 0.118. The summed E-state index contributed by atoms with van der Waals surface area (Å²) in [5.41, 5.74) is 1.29. The predicted octanol–water partition coefficient (Wildman–Crippen LogP) is 3.55. The lowest BCUT2D eigenvalue weighted by Crippen LogP contribution is -2.16. The number of carbonyl (C=O) groups is 1. The first-order valence-corrected chi connectivity index (χ1v) is 8.61. The van der Waals surface area contributed by atoms with Crippen molar-refractivity contribution in [2.45, 2.75) is 6.42 Å². The van der Waals surface area contributed by atoms with E-state index in [4.69, 9.17) is 0 Å². The standard InChI is InChI=1S/C17H15N5O3S/c23-15(10-11-18-13-8-4-5-9-14(13)22(24)25)19-17-21-20-16(26-17)12-6-2-1-3-7-12/h1-9,18H,10-11H2,(H,19,21,23). The van der Waals surface area contributed by atoms with Crippen molar-refractivity contribution < 1.29 is 9.72 Å². The smallest absolute Gasteiger partial charge is 0.292 e. The van der Waals surface area contributed by atoms with Crippen LogP contribution in [-0.4, -0.2) is 27.6 Å². The molecular weight excluding hydrogens is 354 g/mol. The summed E-state index contributed by atoms with van der Waals surface area (Å²) in [6, 6.07) is 15.9. The lowest BCUT2D eigenvalue weighted by molar-refractivity contribution is -0.384. The number of hydrogen-bond donors (Lipinski definition) is 2. The van der Waals surface area contributed by atoms with E-state index in [0.29, 0.717) is 10.8 Å². The zero-order chi connectivity index (χ0) is 18.4. The number of benzene rings is 2. The van der Waals surface area contributed by atoms with E-state index in [2.05, 4.69) is 20.8 Å². The Kier molecular flexibility index (Phi) is 5.49. The van der Waals surface area contributed by atoms with Crippen molar-refractivity contribution in [2.24, 2.45) is 0 Å². The maximum atomic E-state index is 12.0. The maximum Gasteiger partial charge on any atom is 0.292 e. The van der Waals surface area contributed by atoms with Gasteiger partial charge in [-0.2, -0.15) is 0 Å². The van der Waals surface area contributed by atoms with Crippen LogP contribution in [0.25, 0.3) is 10.6 Å². The summed E-state index contributed by atoms with van der Waals surface area (Å²) in [7, 11) is 0. The summed E-state index contributed by atoms with van der Waals surface area (Å²) in [5.74, 6) is -0.244. The van der Waals surface area contributed by atoms with Crippen LogP contribution >= 0.6 is 11.3 Å². The Hall–Kier alpha value is -3.33. The van der Waals surface area contributed by atoms with E-state index in [0.717, 1.165) is 10.6 Å². The number of carbonyl (C=O) groups excluding carboxylic acids is 1. The van der Waals surface area contributed by atoms with Crippen LogP contribution in [0.3, 0.4) is 0 Å². The SMILES string of the molecule is O=C(CCNc1ccccc1[N+](=O)[O-])Nc1nnc(-c2ccccc2)s1. The van der Waals surface area contributed by atoms with Crippen molar-refractivity contribution in [3.05, 3.63) is 64.7 Å². The molecule has 2 N–H and O–H groups in total. The molecule has 0 radical (unpaired) electrons. The third kappa shape index (κ3) is 4.39. The highest BCUT2D eigenvalue weighted by molar-refractivity contribution is 7.18. The minimum Gasteiger partial charge on any atom is -0.379 e. The summed E-state index contributed by atoms with van der Waals surface area (Å²) >= 11 is 1.29. The molecule has 132 valence electrons. The van der Waals surface area contributed by atoms with Crippen LogP contribution in [-0.2, 0) is 4.79 Å². The van der Waals surface area contributed by atoms with Gasteiger partial charge in [0.05, 0.1) is 4.92 Å². The number of nitrogens with zero attached hydrogens (tertiary/aromatic N) is 3. The normalized spacial score (nSPS) is 10.3. The second-order valence-electron chi connectivity index (χ2n) is 5.28. The summed E-state index contributed by atoms with van der Waals surface area (Å²) in [6.07, 6.45) is 0.145. The third-order valence-corrected chi connectivity index (χ3v) is 4.35. The lowest BCUT2D eigenvalue weighted by atomic mass is 10.2. The molecule has 0 atom stereocenters. The number of nitrogens with one attached hydrogen (secondary N) is 2. The van der Waals surface area contributed by atoms with Gasteiger partial charge in [0.25, 0.3) is 5.69 Å². The van der Waals surface area contributed by atoms with E-state index in [1.165, 1.54) is 17.4 Å². The van der Waals surface area contributed by atoms with Gasteiger partial charge in [0, 0.05) is 24.6 Å². The maximum absolute atomic E-state index is 12.0. The molecular formula is C17H15N5O3S. The Bertz CT molecular complexity index is 914. The van der Waals surface area contributed by atoms with Gasteiger partial charge in [-0.15, -0.1) is 10.2 Å². The number of nitro benzene ring substituents is 1. The molecule has 0 aliphatic rings. The van der Waals surface area contributed by atoms with E-state index in [-0.39, 0.29) is 24.6 Å². The first kappa shape index (κ1) is 17.5. The van der Waals surface area contributed by atoms with E-state index < -0.39 is 4.92 Å². The van der Waals surface area contributed by atoms with E-state index in [1.807, 2.05) is 30.3 Å². The van der Waals surface area contributed by atoms with Gasteiger partial charge < -0.3 is 10.6 Å². The molecule has 1 aromatic heterocycles. The van der Waals surface area contributed by atoms with Gasteiger partial charge in [-0.1, -0.05) is 53.8 Å². The molecule has 9 heteroatoms. The van der Waals surface area contributed by atoms with Crippen molar-refractivity contribution in [3.8, 4) is 10.6 Å². The fourth-order valence-corrected chi connectivity index (χ4v) is 3.01. The largest absolute Gasteiger partial charge is 0.379 e. The van der Waals surface area contributed by atoms with Gasteiger partial charge in [0.1, 0.15) is 10.7 Å². The average molecular weight is 369 g/mol.